The van der Waals surface area contributed by atoms with Crippen molar-refractivity contribution in [3.8, 4) is 0 Å². The van der Waals surface area contributed by atoms with Gasteiger partial charge in [-0.15, -0.1) is 0 Å². The predicted octanol–water partition coefficient (Wildman–Crippen LogP) is 14.0. The van der Waals surface area contributed by atoms with Crippen molar-refractivity contribution in [3.05, 3.63) is 48.6 Å². The summed E-state index contributed by atoms with van der Waals surface area (Å²) in [6.45, 7) is 4.09. The van der Waals surface area contributed by atoms with Gasteiger partial charge in [0.05, 0.1) is 27.7 Å². The molecule has 0 amide bonds. The molecular formula is C51H94NO8P. The summed E-state index contributed by atoms with van der Waals surface area (Å²) < 4.78 is 33.9. The van der Waals surface area contributed by atoms with Crippen LogP contribution in [0.3, 0.4) is 0 Å². The van der Waals surface area contributed by atoms with Crippen molar-refractivity contribution >= 4 is 19.8 Å². The molecule has 356 valence electrons. The average Bonchev–Trinajstić information content (AvgIpc) is 3.21. The third kappa shape index (κ3) is 47.3. The second-order valence-corrected chi connectivity index (χ2v) is 19.2. The Morgan fingerprint density at radius 3 is 1.39 bits per heavy atom. The highest BCUT2D eigenvalue weighted by molar-refractivity contribution is 7.45. The molecule has 9 nitrogen and oxygen atoms in total. The summed E-state index contributed by atoms with van der Waals surface area (Å²) in [5, 5.41) is 0. The van der Waals surface area contributed by atoms with E-state index in [0.29, 0.717) is 17.4 Å². The summed E-state index contributed by atoms with van der Waals surface area (Å²) in [6.07, 6.45) is 51.7. The number of quaternary nitrogens is 1. The maximum absolute atomic E-state index is 12.7. The first-order chi connectivity index (χ1) is 29.5. The van der Waals surface area contributed by atoms with Crippen LogP contribution in [0, 0.1) is 0 Å². The molecule has 0 fully saturated rings. The average molecular weight is 880 g/mol. The van der Waals surface area contributed by atoms with Crippen molar-refractivity contribution < 1.29 is 42.1 Å². The van der Waals surface area contributed by atoms with E-state index in [1.54, 1.807) is 0 Å². The number of esters is 2. The number of rotatable bonds is 45. The Hall–Kier alpha value is -2.03. The number of phosphoric acid groups is 1. The Balaban J connectivity index is 4.03. The van der Waals surface area contributed by atoms with Crippen molar-refractivity contribution in [2.24, 2.45) is 0 Å². The Morgan fingerprint density at radius 2 is 0.934 bits per heavy atom. The van der Waals surface area contributed by atoms with Gasteiger partial charge in [0.1, 0.15) is 19.8 Å². The fourth-order valence-electron chi connectivity index (χ4n) is 6.76. The van der Waals surface area contributed by atoms with Crippen LogP contribution in [0.4, 0.5) is 0 Å². The maximum atomic E-state index is 12.7. The zero-order chi connectivity index (χ0) is 45.0. The van der Waals surface area contributed by atoms with Gasteiger partial charge in [-0.2, -0.15) is 0 Å². The van der Waals surface area contributed by atoms with E-state index < -0.39 is 26.5 Å². The lowest BCUT2D eigenvalue weighted by atomic mass is 10.0. The number of allylic oxidation sites excluding steroid dienone is 8. The summed E-state index contributed by atoms with van der Waals surface area (Å²) in [5.41, 5.74) is 0. The Morgan fingerprint density at radius 1 is 0.525 bits per heavy atom. The molecule has 2 unspecified atom stereocenters. The van der Waals surface area contributed by atoms with E-state index in [9.17, 15) is 19.0 Å². The summed E-state index contributed by atoms with van der Waals surface area (Å²) in [6, 6.07) is 0. The predicted molar refractivity (Wildman–Crippen MR) is 254 cm³/mol. The van der Waals surface area contributed by atoms with Crippen molar-refractivity contribution in [3.63, 3.8) is 0 Å². The van der Waals surface area contributed by atoms with E-state index in [0.717, 1.165) is 64.2 Å². The minimum Gasteiger partial charge on any atom is -0.756 e. The number of nitrogens with zero attached hydrogens (tertiary/aromatic N) is 1. The second-order valence-electron chi connectivity index (χ2n) is 17.8. The molecule has 0 aromatic heterocycles. The first kappa shape index (κ1) is 59.0. The third-order valence-corrected chi connectivity index (χ3v) is 11.6. The fraction of sp³-hybridized carbons (Fsp3) is 0.804. The topological polar surface area (TPSA) is 111 Å². The highest BCUT2D eigenvalue weighted by Crippen LogP contribution is 2.38. The van der Waals surface area contributed by atoms with Gasteiger partial charge in [-0.1, -0.05) is 197 Å². The van der Waals surface area contributed by atoms with Crippen LogP contribution in [0.1, 0.15) is 213 Å². The molecule has 0 aromatic carbocycles. The van der Waals surface area contributed by atoms with Crippen molar-refractivity contribution in [1.82, 2.24) is 0 Å². The van der Waals surface area contributed by atoms with Crippen LogP contribution >= 0.6 is 7.82 Å². The summed E-state index contributed by atoms with van der Waals surface area (Å²) in [4.78, 5) is 37.5. The van der Waals surface area contributed by atoms with E-state index in [1.807, 2.05) is 21.1 Å². The van der Waals surface area contributed by atoms with Crippen LogP contribution in [0.25, 0.3) is 0 Å². The van der Waals surface area contributed by atoms with Crippen LogP contribution in [-0.2, 0) is 32.7 Å². The molecule has 0 radical (unpaired) electrons. The first-order valence-electron chi connectivity index (χ1n) is 24.8. The number of carbonyl (C=O) groups is 2. The van der Waals surface area contributed by atoms with E-state index in [1.165, 1.54) is 116 Å². The molecule has 0 saturated heterocycles. The molecule has 0 spiro atoms. The minimum atomic E-state index is -4.62. The normalized spacial score (nSPS) is 13.9. The molecule has 10 heteroatoms. The Labute approximate surface area is 375 Å². The van der Waals surface area contributed by atoms with Crippen LogP contribution in [0.5, 0.6) is 0 Å². The molecule has 0 N–H and O–H groups in total. The van der Waals surface area contributed by atoms with E-state index >= 15 is 0 Å². The molecule has 0 saturated carbocycles. The lowest BCUT2D eigenvalue weighted by Gasteiger charge is -2.28. The molecule has 0 aliphatic rings. The second kappa shape index (κ2) is 43.2. The van der Waals surface area contributed by atoms with Gasteiger partial charge < -0.3 is 27.9 Å². The Bertz CT molecular complexity index is 1180. The first-order valence-corrected chi connectivity index (χ1v) is 26.3. The Kier molecular flexibility index (Phi) is 41.8. The molecule has 0 aromatic rings. The largest absolute Gasteiger partial charge is 0.756 e. The van der Waals surface area contributed by atoms with Crippen LogP contribution in [-0.4, -0.2) is 70.0 Å². The quantitative estimate of drug-likeness (QED) is 0.0195. The molecule has 0 heterocycles. The number of unbranched alkanes of at least 4 members (excludes halogenated alkanes) is 23. The van der Waals surface area contributed by atoms with Gasteiger partial charge in [-0.25, -0.2) is 0 Å². The number of ether oxygens (including phenoxy) is 2. The minimum absolute atomic E-state index is 0.0298. The van der Waals surface area contributed by atoms with Gasteiger partial charge in [-0.3, -0.25) is 14.2 Å². The van der Waals surface area contributed by atoms with Crippen molar-refractivity contribution in [2.75, 3.05) is 47.5 Å². The monoisotopic (exact) mass is 880 g/mol. The highest BCUT2D eigenvalue weighted by Gasteiger charge is 2.21. The molecule has 2 atom stereocenters. The summed E-state index contributed by atoms with van der Waals surface area (Å²) in [7, 11) is 1.17. The number of carbonyl (C=O) groups excluding carboxylic acids is 2. The van der Waals surface area contributed by atoms with Crippen molar-refractivity contribution in [2.45, 2.75) is 219 Å². The molecular weight excluding hydrogens is 786 g/mol. The van der Waals surface area contributed by atoms with Crippen LogP contribution < -0.4 is 4.89 Å². The molecule has 61 heavy (non-hydrogen) atoms. The smallest absolute Gasteiger partial charge is 0.306 e. The number of hydrogen-bond donors (Lipinski definition) is 0. The van der Waals surface area contributed by atoms with Crippen LogP contribution in [0.15, 0.2) is 48.6 Å². The number of likely N-dealkylation sites (N-methyl/N-ethyl adjacent to an activating group) is 1. The lowest BCUT2D eigenvalue weighted by Crippen LogP contribution is -2.37. The van der Waals surface area contributed by atoms with Gasteiger partial charge in [-0.05, 0) is 51.4 Å². The highest BCUT2D eigenvalue weighted by atomic mass is 31.2. The van der Waals surface area contributed by atoms with E-state index in [-0.39, 0.29) is 32.0 Å². The molecule has 0 aliphatic carbocycles. The number of phosphoric ester groups is 1. The van der Waals surface area contributed by atoms with Gasteiger partial charge in [0.25, 0.3) is 7.82 Å². The van der Waals surface area contributed by atoms with Gasteiger partial charge in [0.2, 0.25) is 0 Å². The SMILES string of the molecule is CC/C=C\C/C=C\C/C=C\C/C=C\CCCCCCCCCCCCCCCCCCC(=O)OC(COC(=O)CCCCCCCCCC)COP(=O)([O-])OCC[N+](C)(C)C. The van der Waals surface area contributed by atoms with Gasteiger partial charge in [0, 0.05) is 12.8 Å². The standard InChI is InChI=1S/C51H94NO8P/c1-6-8-10-12-14-16-17-18-19-20-21-22-23-24-25-26-27-28-29-30-31-32-33-34-35-36-38-40-42-44-51(54)60-49(48-59-61(55,56)58-46-45-52(3,4)5)47-57-50(53)43-41-39-37-15-13-11-9-7-2/h8,10,14,16,18-19,21-22,49H,6-7,9,11-13,15,17,20,23-48H2,1-5H3/b10-8-,16-14-,19-18-,22-21-. The van der Waals surface area contributed by atoms with E-state index in [2.05, 4.69) is 62.5 Å². The van der Waals surface area contributed by atoms with Crippen molar-refractivity contribution in [1.29, 1.82) is 0 Å². The summed E-state index contributed by atoms with van der Waals surface area (Å²) in [5.74, 6) is -0.834. The third-order valence-electron chi connectivity index (χ3n) is 10.6. The zero-order valence-electron chi connectivity index (χ0n) is 40.1. The van der Waals surface area contributed by atoms with E-state index in [4.69, 9.17) is 18.5 Å². The summed E-state index contributed by atoms with van der Waals surface area (Å²) >= 11 is 0. The molecule has 0 aliphatic heterocycles. The molecule has 0 rings (SSSR count). The number of hydrogen-bond acceptors (Lipinski definition) is 8. The molecule has 0 bridgehead atoms. The van der Waals surface area contributed by atoms with Crippen LogP contribution in [0.2, 0.25) is 0 Å². The fourth-order valence-corrected chi connectivity index (χ4v) is 7.49. The lowest BCUT2D eigenvalue weighted by molar-refractivity contribution is -0.870. The maximum Gasteiger partial charge on any atom is 0.306 e. The zero-order valence-corrected chi connectivity index (χ0v) is 41.0. The van der Waals surface area contributed by atoms with Gasteiger partial charge >= 0.3 is 11.9 Å². The van der Waals surface area contributed by atoms with Gasteiger partial charge in [0.15, 0.2) is 6.10 Å².